The monoisotopic (exact) mass is 246 g/mol. The molecule has 0 spiro atoms. The van der Waals surface area contributed by atoms with Crippen LogP contribution in [0, 0.1) is 5.92 Å². The SMILES string of the molecule is O=C(O)c1ccccc1NC1CCN2CCC1C2. The number of rotatable bonds is 3. The van der Waals surface area contributed by atoms with Gasteiger partial charge in [0, 0.05) is 24.8 Å². The van der Waals surface area contributed by atoms with Crippen LogP contribution in [0.4, 0.5) is 5.69 Å². The second-order valence-electron chi connectivity index (χ2n) is 5.24. The zero-order valence-corrected chi connectivity index (χ0v) is 10.3. The summed E-state index contributed by atoms with van der Waals surface area (Å²) in [6.45, 7) is 3.49. The zero-order valence-electron chi connectivity index (χ0n) is 10.3. The lowest BCUT2D eigenvalue weighted by Gasteiger charge is -2.32. The molecule has 3 unspecified atom stereocenters. The van der Waals surface area contributed by atoms with Crippen molar-refractivity contribution in [2.45, 2.75) is 18.9 Å². The number of anilines is 1. The van der Waals surface area contributed by atoms with E-state index in [-0.39, 0.29) is 0 Å². The van der Waals surface area contributed by atoms with Crippen LogP contribution in [0.15, 0.2) is 24.3 Å². The van der Waals surface area contributed by atoms with Gasteiger partial charge in [-0.2, -0.15) is 0 Å². The Hall–Kier alpha value is -1.55. The highest BCUT2D eigenvalue weighted by Crippen LogP contribution is 2.30. The molecule has 2 aliphatic rings. The van der Waals surface area contributed by atoms with Gasteiger partial charge in [-0.1, -0.05) is 12.1 Å². The molecule has 1 aromatic carbocycles. The van der Waals surface area contributed by atoms with Gasteiger partial charge in [0.05, 0.1) is 5.56 Å². The molecule has 0 radical (unpaired) electrons. The van der Waals surface area contributed by atoms with E-state index in [1.165, 1.54) is 13.0 Å². The first-order valence-electron chi connectivity index (χ1n) is 6.55. The summed E-state index contributed by atoms with van der Waals surface area (Å²) in [5, 5.41) is 12.6. The molecule has 2 N–H and O–H groups in total. The van der Waals surface area contributed by atoms with Crippen molar-refractivity contribution in [1.82, 2.24) is 4.90 Å². The highest BCUT2D eigenvalue weighted by atomic mass is 16.4. The Kier molecular flexibility index (Phi) is 2.96. The van der Waals surface area contributed by atoms with Crippen molar-refractivity contribution in [3.8, 4) is 0 Å². The summed E-state index contributed by atoms with van der Waals surface area (Å²) in [6.07, 6.45) is 2.34. The van der Waals surface area contributed by atoms with Gasteiger partial charge in [-0.3, -0.25) is 0 Å². The van der Waals surface area contributed by atoms with E-state index in [9.17, 15) is 9.90 Å². The maximum absolute atomic E-state index is 11.2. The number of nitrogens with one attached hydrogen (secondary N) is 1. The predicted octanol–water partition coefficient (Wildman–Crippen LogP) is 1.89. The first-order chi connectivity index (χ1) is 8.74. The Balaban J connectivity index is 1.78. The fourth-order valence-electron chi connectivity index (χ4n) is 3.14. The minimum absolute atomic E-state index is 0.373. The van der Waals surface area contributed by atoms with E-state index >= 15 is 0 Å². The number of carboxylic acid groups (broad SMARTS) is 1. The Morgan fingerprint density at radius 1 is 1.28 bits per heavy atom. The summed E-state index contributed by atoms with van der Waals surface area (Å²) in [6, 6.07) is 7.61. The van der Waals surface area contributed by atoms with Gasteiger partial charge >= 0.3 is 5.97 Å². The van der Waals surface area contributed by atoms with Gasteiger partial charge in [0.25, 0.3) is 0 Å². The molecule has 2 bridgehead atoms. The molecule has 3 atom stereocenters. The van der Waals surface area contributed by atoms with E-state index in [2.05, 4.69) is 10.2 Å². The van der Waals surface area contributed by atoms with E-state index < -0.39 is 5.97 Å². The van der Waals surface area contributed by atoms with E-state index in [4.69, 9.17) is 0 Å². The third-order valence-corrected chi connectivity index (χ3v) is 4.13. The molecule has 2 heterocycles. The normalized spacial score (nSPS) is 30.1. The molecule has 0 amide bonds. The summed E-state index contributed by atoms with van der Waals surface area (Å²) in [7, 11) is 0. The predicted molar refractivity (Wildman–Crippen MR) is 70.0 cm³/mol. The molecule has 0 aromatic heterocycles. The van der Waals surface area contributed by atoms with Crippen molar-refractivity contribution in [2.24, 2.45) is 5.92 Å². The molecule has 4 heteroatoms. The van der Waals surface area contributed by atoms with Gasteiger partial charge in [0.1, 0.15) is 0 Å². The van der Waals surface area contributed by atoms with E-state index in [1.54, 1.807) is 12.1 Å². The Morgan fingerprint density at radius 2 is 2.06 bits per heavy atom. The van der Waals surface area contributed by atoms with Gasteiger partial charge in [-0.15, -0.1) is 0 Å². The second-order valence-corrected chi connectivity index (χ2v) is 5.24. The van der Waals surface area contributed by atoms with Gasteiger partial charge in [0.15, 0.2) is 0 Å². The summed E-state index contributed by atoms with van der Waals surface area (Å²) >= 11 is 0. The van der Waals surface area contributed by atoms with Gasteiger partial charge in [-0.05, 0) is 37.4 Å². The molecule has 4 nitrogen and oxygen atoms in total. The highest BCUT2D eigenvalue weighted by molar-refractivity contribution is 5.94. The maximum Gasteiger partial charge on any atom is 0.337 e. The fraction of sp³-hybridized carbons (Fsp3) is 0.500. The largest absolute Gasteiger partial charge is 0.478 e. The number of para-hydroxylation sites is 1. The van der Waals surface area contributed by atoms with Crippen LogP contribution >= 0.6 is 0 Å². The summed E-state index contributed by atoms with van der Waals surface area (Å²) in [4.78, 5) is 13.7. The lowest BCUT2D eigenvalue weighted by Crippen LogP contribution is -2.39. The van der Waals surface area contributed by atoms with Crippen LogP contribution in [0.5, 0.6) is 0 Å². The van der Waals surface area contributed by atoms with Crippen molar-refractivity contribution in [3.05, 3.63) is 29.8 Å². The molecule has 96 valence electrons. The molecular formula is C14H18N2O2. The fourth-order valence-corrected chi connectivity index (χ4v) is 3.14. The number of aromatic carboxylic acids is 1. The smallest absolute Gasteiger partial charge is 0.337 e. The third-order valence-electron chi connectivity index (χ3n) is 4.13. The molecule has 2 fully saturated rings. The molecule has 0 aliphatic carbocycles. The zero-order chi connectivity index (χ0) is 12.5. The highest BCUT2D eigenvalue weighted by Gasteiger charge is 2.34. The van der Waals surface area contributed by atoms with Crippen LogP contribution in [0.25, 0.3) is 0 Å². The van der Waals surface area contributed by atoms with Crippen LogP contribution in [-0.2, 0) is 0 Å². The topological polar surface area (TPSA) is 52.6 Å². The molecular weight excluding hydrogens is 228 g/mol. The quantitative estimate of drug-likeness (QED) is 0.855. The number of fused-ring (bicyclic) bond motifs is 2. The number of nitrogens with zero attached hydrogens (tertiary/aromatic N) is 1. The summed E-state index contributed by atoms with van der Waals surface area (Å²) in [5.41, 5.74) is 1.13. The third kappa shape index (κ3) is 2.08. The van der Waals surface area contributed by atoms with Crippen LogP contribution in [-0.4, -0.2) is 41.7 Å². The van der Waals surface area contributed by atoms with Gasteiger partial charge in [0.2, 0.25) is 0 Å². The van der Waals surface area contributed by atoms with Crippen LogP contribution in [0.1, 0.15) is 23.2 Å². The number of benzene rings is 1. The Bertz CT molecular complexity index is 461. The van der Waals surface area contributed by atoms with E-state index in [0.717, 1.165) is 25.2 Å². The number of carboxylic acids is 1. The standard InChI is InChI=1S/C14H18N2O2/c17-14(18)11-3-1-2-4-13(11)15-12-6-8-16-7-5-10(12)9-16/h1-4,10,12,15H,5-9H2,(H,17,18). The first-order valence-corrected chi connectivity index (χ1v) is 6.55. The molecule has 18 heavy (non-hydrogen) atoms. The Morgan fingerprint density at radius 3 is 2.89 bits per heavy atom. The molecule has 3 rings (SSSR count). The Labute approximate surface area is 107 Å². The van der Waals surface area contributed by atoms with Gasteiger partial charge < -0.3 is 15.3 Å². The molecule has 2 aliphatic heterocycles. The van der Waals surface area contributed by atoms with Crippen molar-refractivity contribution < 1.29 is 9.90 Å². The maximum atomic E-state index is 11.2. The molecule has 1 aromatic rings. The number of hydrogen-bond acceptors (Lipinski definition) is 3. The summed E-state index contributed by atoms with van der Waals surface area (Å²) < 4.78 is 0. The van der Waals surface area contributed by atoms with Crippen LogP contribution in [0.3, 0.4) is 0 Å². The number of hydrogen-bond donors (Lipinski definition) is 2. The number of piperidine rings is 1. The minimum atomic E-state index is -0.859. The summed E-state index contributed by atoms with van der Waals surface area (Å²) in [5.74, 6) is -0.192. The average Bonchev–Trinajstić information content (AvgIpc) is 2.76. The minimum Gasteiger partial charge on any atom is -0.478 e. The lowest BCUT2D eigenvalue weighted by atomic mass is 9.93. The van der Waals surface area contributed by atoms with E-state index in [0.29, 0.717) is 17.5 Å². The lowest BCUT2D eigenvalue weighted by molar-refractivity contribution is 0.0698. The number of carbonyl (C=O) groups is 1. The first kappa shape index (κ1) is 11.5. The van der Waals surface area contributed by atoms with Crippen molar-refractivity contribution in [2.75, 3.05) is 25.0 Å². The molecule has 2 saturated heterocycles. The second kappa shape index (κ2) is 4.61. The van der Waals surface area contributed by atoms with Crippen molar-refractivity contribution >= 4 is 11.7 Å². The van der Waals surface area contributed by atoms with Crippen molar-refractivity contribution in [1.29, 1.82) is 0 Å². The van der Waals surface area contributed by atoms with Crippen molar-refractivity contribution in [3.63, 3.8) is 0 Å². The molecule has 0 saturated carbocycles. The average molecular weight is 246 g/mol. The van der Waals surface area contributed by atoms with Gasteiger partial charge in [-0.25, -0.2) is 4.79 Å². The van der Waals surface area contributed by atoms with E-state index in [1.807, 2.05) is 12.1 Å². The van der Waals surface area contributed by atoms with Crippen LogP contribution < -0.4 is 5.32 Å². The van der Waals surface area contributed by atoms with Crippen LogP contribution in [0.2, 0.25) is 0 Å².